The average molecular weight is 566 g/mol. The molecule has 216 valence electrons. The minimum atomic E-state index is -1.69. The van der Waals surface area contributed by atoms with E-state index < -0.39 is 48.0 Å². The second kappa shape index (κ2) is 12.8. The number of hydrazine groups is 1. The van der Waals surface area contributed by atoms with Crippen molar-refractivity contribution in [1.29, 1.82) is 0 Å². The fourth-order valence-corrected chi connectivity index (χ4v) is 4.59. The zero-order valence-corrected chi connectivity index (χ0v) is 22.1. The first kappa shape index (κ1) is 29.6. The van der Waals surface area contributed by atoms with Crippen molar-refractivity contribution >= 4 is 34.4 Å². The molecule has 41 heavy (non-hydrogen) atoms. The molecular formula is C28H31N5O8. The number of amides is 2. The van der Waals surface area contributed by atoms with Crippen molar-refractivity contribution in [3.8, 4) is 0 Å². The lowest BCUT2D eigenvalue weighted by atomic mass is 10.0. The molecule has 1 aliphatic rings. The largest absolute Gasteiger partial charge is 0.480 e. The molecule has 3 aromatic rings. The Labute approximate surface area is 234 Å². The monoisotopic (exact) mass is 565 g/mol. The summed E-state index contributed by atoms with van der Waals surface area (Å²) in [5.74, 6) is 2.44. The smallest absolute Gasteiger partial charge is 0.351 e. The molecule has 6 N–H and O–H groups in total. The summed E-state index contributed by atoms with van der Waals surface area (Å²) in [7, 11) is 0. The van der Waals surface area contributed by atoms with Crippen LogP contribution in [0.25, 0.3) is 10.8 Å². The summed E-state index contributed by atoms with van der Waals surface area (Å²) in [5.41, 5.74) is 0.412. The molecule has 4 rings (SSSR count). The predicted molar refractivity (Wildman–Crippen MR) is 147 cm³/mol. The number of aryl methyl sites for hydroxylation is 1. The number of anilines is 1. The molecule has 2 aromatic carbocycles. The number of aliphatic carboxylic acids is 1. The van der Waals surface area contributed by atoms with Gasteiger partial charge >= 0.3 is 11.7 Å². The Kier molecular flexibility index (Phi) is 9.24. The van der Waals surface area contributed by atoms with E-state index in [1.54, 1.807) is 0 Å². The van der Waals surface area contributed by atoms with Crippen LogP contribution in [0.4, 0.5) is 5.82 Å². The van der Waals surface area contributed by atoms with Crippen molar-refractivity contribution < 1.29 is 34.4 Å². The maximum absolute atomic E-state index is 12.7. The molecule has 2 amide bonds. The normalized spacial score (nSPS) is 17.5. The van der Waals surface area contributed by atoms with Gasteiger partial charge in [0.15, 0.2) is 12.5 Å². The van der Waals surface area contributed by atoms with Crippen LogP contribution < -0.4 is 16.8 Å². The van der Waals surface area contributed by atoms with Gasteiger partial charge in [-0.05, 0) is 40.8 Å². The number of fused-ring (bicyclic) bond motifs is 1. The topological polar surface area (TPSA) is 197 Å². The molecule has 0 aliphatic carbocycles. The minimum absolute atomic E-state index is 0.0137. The molecule has 13 nitrogen and oxygen atoms in total. The van der Waals surface area contributed by atoms with E-state index in [4.69, 9.17) is 10.6 Å². The van der Waals surface area contributed by atoms with Crippen LogP contribution >= 0.6 is 0 Å². The summed E-state index contributed by atoms with van der Waals surface area (Å²) < 4.78 is 6.53. The third kappa shape index (κ3) is 7.02. The van der Waals surface area contributed by atoms with Crippen molar-refractivity contribution in [2.24, 2.45) is 11.8 Å². The van der Waals surface area contributed by atoms with Crippen LogP contribution in [-0.4, -0.2) is 66.6 Å². The van der Waals surface area contributed by atoms with E-state index in [-0.39, 0.29) is 31.7 Å². The number of ether oxygens (including phenoxy) is 1. The first-order chi connectivity index (χ1) is 19.5. The van der Waals surface area contributed by atoms with Gasteiger partial charge in [0.2, 0.25) is 11.8 Å². The summed E-state index contributed by atoms with van der Waals surface area (Å²) in [6.45, 7) is 3.72. The van der Waals surface area contributed by atoms with Gasteiger partial charge < -0.3 is 25.4 Å². The van der Waals surface area contributed by atoms with Crippen molar-refractivity contribution in [2.75, 3.05) is 11.9 Å². The number of carboxylic acid groups (broad SMARTS) is 1. The van der Waals surface area contributed by atoms with Gasteiger partial charge in [-0.15, -0.1) is 0 Å². The van der Waals surface area contributed by atoms with Crippen LogP contribution in [0.5, 0.6) is 0 Å². The number of aliphatic hydroxyl groups is 2. The first-order valence-electron chi connectivity index (χ1n) is 12.9. The Bertz CT molecular complexity index is 1520. The second-order valence-electron chi connectivity index (χ2n) is 9.71. The number of nitrogens with one attached hydrogen (secondary N) is 1. The molecule has 2 heterocycles. The van der Waals surface area contributed by atoms with Crippen molar-refractivity contribution in [3.63, 3.8) is 0 Å². The van der Waals surface area contributed by atoms with Gasteiger partial charge in [-0.1, -0.05) is 49.0 Å². The zero-order chi connectivity index (χ0) is 29.7. The van der Waals surface area contributed by atoms with Crippen LogP contribution in [-0.2, 0) is 25.5 Å². The maximum Gasteiger partial charge on any atom is 0.351 e. The lowest BCUT2D eigenvalue weighted by Gasteiger charge is -2.24. The fourth-order valence-electron chi connectivity index (χ4n) is 4.59. The van der Waals surface area contributed by atoms with E-state index in [0.717, 1.165) is 20.9 Å². The molecule has 13 heteroatoms. The lowest BCUT2D eigenvalue weighted by molar-refractivity contribution is -0.151. The van der Waals surface area contributed by atoms with Gasteiger partial charge in [0.25, 0.3) is 0 Å². The van der Waals surface area contributed by atoms with Crippen LogP contribution in [0, 0.1) is 5.92 Å². The van der Waals surface area contributed by atoms with E-state index in [9.17, 15) is 34.5 Å². The first-order valence-corrected chi connectivity index (χ1v) is 12.9. The van der Waals surface area contributed by atoms with Crippen LogP contribution in [0.2, 0.25) is 0 Å². The van der Waals surface area contributed by atoms with Gasteiger partial charge in [0.05, 0.1) is 12.5 Å². The van der Waals surface area contributed by atoms with Gasteiger partial charge in [-0.2, -0.15) is 4.98 Å². The molecule has 1 aromatic heterocycles. The highest BCUT2D eigenvalue weighted by Gasteiger charge is 2.35. The van der Waals surface area contributed by atoms with Crippen LogP contribution in [0.15, 0.2) is 71.7 Å². The Hall–Kier alpha value is -4.43. The Balaban J connectivity index is 1.30. The van der Waals surface area contributed by atoms with Gasteiger partial charge in [0, 0.05) is 19.0 Å². The van der Waals surface area contributed by atoms with Crippen LogP contribution in [0.1, 0.15) is 31.1 Å². The number of carboxylic acids is 1. The Morgan fingerprint density at radius 1 is 1.15 bits per heavy atom. The second-order valence-corrected chi connectivity index (χ2v) is 9.71. The zero-order valence-electron chi connectivity index (χ0n) is 22.1. The third-order valence-corrected chi connectivity index (χ3v) is 6.93. The number of carbonyl (C=O) groups excluding carboxylic acids is 2. The molecule has 3 atom stereocenters. The highest BCUT2D eigenvalue weighted by Crippen LogP contribution is 2.33. The molecule has 1 unspecified atom stereocenters. The molecule has 0 spiro atoms. The number of rotatable bonds is 11. The number of aromatic nitrogens is 2. The molecule has 0 saturated carbocycles. The SMILES string of the molecule is C=C1C(n2ccc(NC(=O)CC[C@@H](C(=O)O)N(N)C(=O)CCc3ccc4ccccc4c3)nc2=O)OC[C@H]1C(O)O. The van der Waals surface area contributed by atoms with Gasteiger partial charge in [0.1, 0.15) is 11.9 Å². The molecule has 1 saturated heterocycles. The quantitative estimate of drug-likeness (QED) is 0.0732. The van der Waals surface area contributed by atoms with E-state index >= 15 is 0 Å². The number of hydrogen-bond donors (Lipinski definition) is 5. The van der Waals surface area contributed by atoms with Crippen molar-refractivity contribution in [3.05, 3.63) is 82.9 Å². The minimum Gasteiger partial charge on any atom is -0.480 e. The summed E-state index contributed by atoms with van der Waals surface area (Å²) in [6.07, 6.45) is -1.56. The molecule has 1 aliphatic heterocycles. The number of aliphatic hydroxyl groups excluding tert-OH is 1. The van der Waals surface area contributed by atoms with Gasteiger partial charge in [-0.3, -0.25) is 19.2 Å². The average Bonchev–Trinajstić information content (AvgIpc) is 3.32. The molecule has 1 fully saturated rings. The standard InChI is InChI=1S/C28H31N5O8/c1-16-20(26(36)37)15-41-25(16)32-13-12-22(31-28(32)40)30-23(34)10-9-21(27(38)39)33(29)24(35)11-7-17-6-8-18-4-2-3-5-19(18)14-17/h2-6,8,12-14,20-21,25-26,36-37H,1,7,9-11,15,29H2,(H,38,39)(H,30,31,34,40)/t20-,21+,25?/m1/s1. The van der Waals surface area contributed by atoms with E-state index in [1.807, 2.05) is 42.5 Å². The molecular weight excluding hydrogens is 534 g/mol. The Morgan fingerprint density at radius 2 is 1.88 bits per heavy atom. The van der Waals surface area contributed by atoms with E-state index in [1.165, 1.54) is 12.3 Å². The van der Waals surface area contributed by atoms with E-state index in [0.29, 0.717) is 17.0 Å². The van der Waals surface area contributed by atoms with Crippen molar-refractivity contribution in [1.82, 2.24) is 14.6 Å². The molecule has 0 radical (unpaired) electrons. The number of nitrogens with zero attached hydrogens (tertiary/aromatic N) is 3. The number of nitrogens with two attached hydrogens (primary N) is 1. The van der Waals surface area contributed by atoms with Gasteiger partial charge in [-0.25, -0.2) is 15.4 Å². The summed E-state index contributed by atoms with van der Waals surface area (Å²) in [5, 5.41) is 33.6. The highest BCUT2D eigenvalue weighted by molar-refractivity contribution is 5.90. The van der Waals surface area contributed by atoms with E-state index in [2.05, 4.69) is 16.9 Å². The third-order valence-electron chi connectivity index (χ3n) is 6.93. The fraction of sp³-hybridized carbons (Fsp3) is 0.321. The maximum atomic E-state index is 12.7. The Morgan fingerprint density at radius 3 is 2.54 bits per heavy atom. The van der Waals surface area contributed by atoms with Crippen molar-refractivity contribution in [2.45, 2.75) is 44.2 Å². The summed E-state index contributed by atoms with van der Waals surface area (Å²) >= 11 is 0. The predicted octanol–water partition coefficient (Wildman–Crippen LogP) is 0.915. The summed E-state index contributed by atoms with van der Waals surface area (Å²) in [4.78, 5) is 53.2. The summed E-state index contributed by atoms with van der Waals surface area (Å²) in [6, 6.07) is 13.5. The number of hydrogen-bond acceptors (Lipinski definition) is 9. The highest BCUT2D eigenvalue weighted by atomic mass is 16.5. The molecule has 0 bridgehead atoms. The van der Waals surface area contributed by atoms with Crippen LogP contribution in [0.3, 0.4) is 0 Å². The lowest BCUT2D eigenvalue weighted by Crippen LogP contribution is -2.50. The number of benzene rings is 2. The number of carbonyl (C=O) groups is 3.